The number of halogens is 2. The third-order valence-corrected chi connectivity index (χ3v) is 8.42. The molecule has 3 fully saturated rings. The van der Waals surface area contributed by atoms with E-state index >= 15 is 0 Å². The first-order valence-electron chi connectivity index (χ1n) is 13.7. The van der Waals surface area contributed by atoms with Gasteiger partial charge in [-0.2, -0.15) is 0 Å². The Morgan fingerprint density at radius 2 is 1.79 bits per heavy atom. The van der Waals surface area contributed by atoms with Gasteiger partial charge in [0.25, 0.3) is 0 Å². The number of hydrogen-bond donors (Lipinski definition) is 2. The molecular formula is C29H37Cl2N3O4. The second-order valence-corrected chi connectivity index (χ2v) is 11.4. The number of anilines is 1. The van der Waals surface area contributed by atoms with E-state index in [1.54, 1.807) is 6.07 Å². The monoisotopic (exact) mass is 561 g/mol. The van der Waals surface area contributed by atoms with Crippen LogP contribution in [0.1, 0.15) is 43.8 Å². The molecule has 3 saturated heterocycles. The number of nitrogens with zero attached hydrogens (tertiary/aromatic N) is 2. The van der Waals surface area contributed by atoms with Gasteiger partial charge in [-0.05, 0) is 74.3 Å². The first kappa shape index (κ1) is 27.5. The van der Waals surface area contributed by atoms with Crippen molar-refractivity contribution >= 4 is 34.8 Å². The van der Waals surface area contributed by atoms with Crippen molar-refractivity contribution in [2.45, 2.75) is 50.4 Å². The van der Waals surface area contributed by atoms with E-state index in [-0.39, 0.29) is 17.9 Å². The van der Waals surface area contributed by atoms with Crippen LogP contribution in [0.2, 0.25) is 10.0 Å². The molecule has 5 rings (SSSR count). The molecule has 7 nitrogen and oxygen atoms in total. The average molecular weight is 563 g/mol. The number of benzene rings is 2. The van der Waals surface area contributed by atoms with Gasteiger partial charge in [0.05, 0.1) is 30.2 Å². The summed E-state index contributed by atoms with van der Waals surface area (Å²) < 4.78 is 11.5. The first-order chi connectivity index (χ1) is 18.5. The number of hydrogen-bond acceptors (Lipinski definition) is 6. The lowest BCUT2D eigenvalue weighted by Crippen LogP contribution is -2.48. The lowest BCUT2D eigenvalue weighted by molar-refractivity contribution is -0.126. The van der Waals surface area contributed by atoms with Crippen LogP contribution in [0.15, 0.2) is 42.5 Å². The summed E-state index contributed by atoms with van der Waals surface area (Å²) in [6.07, 6.45) is 3.91. The summed E-state index contributed by atoms with van der Waals surface area (Å²) >= 11 is 12.6. The van der Waals surface area contributed by atoms with Crippen molar-refractivity contribution in [3.63, 3.8) is 0 Å². The van der Waals surface area contributed by atoms with Gasteiger partial charge >= 0.3 is 0 Å². The summed E-state index contributed by atoms with van der Waals surface area (Å²) in [5.41, 5.74) is 1.74. The molecule has 2 N–H and O–H groups in total. The topological polar surface area (TPSA) is 74.3 Å². The fourth-order valence-corrected chi connectivity index (χ4v) is 5.99. The summed E-state index contributed by atoms with van der Waals surface area (Å²) in [5.74, 6) is 0.455. The fraction of sp³-hybridized carbons (Fsp3) is 0.552. The number of rotatable bonds is 9. The Morgan fingerprint density at radius 1 is 1.05 bits per heavy atom. The Bertz CT molecular complexity index is 1070. The average Bonchev–Trinajstić information content (AvgIpc) is 3.63. The second kappa shape index (κ2) is 12.9. The number of nitrogens with one attached hydrogen (secondary N) is 1. The number of carbonyl (C=O) groups excluding carboxylic acids is 1. The highest BCUT2D eigenvalue weighted by atomic mass is 35.5. The van der Waals surface area contributed by atoms with Crippen molar-refractivity contribution in [1.82, 2.24) is 10.2 Å². The number of ether oxygens (including phenoxy) is 2. The van der Waals surface area contributed by atoms with E-state index in [0.29, 0.717) is 47.7 Å². The van der Waals surface area contributed by atoms with Crippen LogP contribution in [0.25, 0.3) is 0 Å². The smallest absolute Gasteiger partial charge is 0.225 e. The summed E-state index contributed by atoms with van der Waals surface area (Å²) in [7, 11) is 0. The Balaban J connectivity index is 1.25. The van der Waals surface area contributed by atoms with Crippen molar-refractivity contribution in [3.8, 4) is 5.75 Å². The maximum Gasteiger partial charge on any atom is 0.225 e. The maximum atomic E-state index is 13.4. The Morgan fingerprint density at radius 3 is 2.50 bits per heavy atom. The molecule has 0 aromatic heterocycles. The van der Waals surface area contributed by atoms with E-state index in [2.05, 4.69) is 15.1 Å². The molecule has 0 radical (unpaired) electrons. The number of aliphatic hydroxyl groups is 1. The van der Waals surface area contributed by atoms with E-state index in [9.17, 15) is 9.90 Å². The van der Waals surface area contributed by atoms with Crippen LogP contribution >= 0.6 is 23.2 Å². The molecular weight excluding hydrogens is 525 g/mol. The normalized spacial score (nSPS) is 22.4. The molecule has 0 aliphatic carbocycles. The number of aliphatic hydroxyl groups excluding tert-OH is 1. The van der Waals surface area contributed by atoms with Gasteiger partial charge in [-0.15, -0.1) is 0 Å². The van der Waals surface area contributed by atoms with Crippen molar-refractivity contribution < 1.29 is 19.4 Å². The van der Waals surface area contributed by atoms with Crippen molar-refractivity contribution in [3.05, 3.63) is 58.1 Å². The van der Waals surface area contributed by atoms with Crippen LogP contribution in [-0.2, 0) is 9.53 Å². The van der Waals surface area contributed by atoms with Gasteiger partial charge in [0.15, 0.2) is 0 Å². The van der Waals surface area contributed by atoms with E-state index < -0.39 is 12.1 Å². The first-order valence-corrected chi connectivity index (χ1v) is 14.5. The van der Waals surface area contributed by atoms with Crippen LogP contribution in [0.4, 0.5) is 5.69 Å². The van der Waals surface area contributed by atoms with Gasteiger partial charge in [-0.3, -0.25) is 4.79 Å². The van der Waals surface area contributed by atoms with E-state index in [4.69, 9.17) is 32.7 Å². The molecule has 2 aromatic carbocycles. The van der Waals surface area contributed by atoms with Gasteiger partial charge in [0.2, 0.25) is 5.91 Å². The molecule has 0 bridgehead atoms. The SMILES string of the molecule is O=C(N[C@H](CN1CCCC1)[C@H](O)c1ccc(OC2CCOCC2)c(Cl)c1)[C@@H]1CCN(c2ccc(Cl)cc2)C1. The molecule has 3 atom stereocenters. The number of carbonyl (C=O) groups is 1. The Kier molecular flexibility index (Phi) is 9.33. The van der Waals surface area contributed by atoms with E-state index in [1.807, 2.05) is 36.4 Å². The summed E-state index contributed by atoms with van der Waals surface area (Å²) in [4.78, 5) is 17.9. The molecule has 0 spiro atoms. The minimum absolute atomic E-state index is 0.0183. The number of amides is 1. The van der Waals surface area contributed by atoms with Crippen molar-refractivity contribution in [2.75, 3.05) is 50.8 Å². The second-order valence-electron chi connectivity index (χ2n) is 10.6. The largest absolute Gasteiger partial charge is 0.489 e. The minimum atomic E-state index is -0.886. The lowest BCUT2D eigenvalue weighted by atomic mass is 9.99. The molecule has 1 amide bonds. The molecule has 3 heterocycles. The Hall–Kier alpha value is -2.03. The molecule has 3 aliphatic rings. The molecule has 38 heavy (non-hydrogen) atoms. The summed E-state index contributed by atoms with van der Waals surface area (Å²) in [6, 6.07) is 12.7. The maximum absolute atomic E-state index is 13.4. The van der Waals surface area contributed by atoms with E-state index in [1.165, 1.54) is 0 Å². The molecule has 0 unspecified atom stereocenters. The zero-order valence-corrected chi connectivity index (χ0v) is 23.2. The summed E-state index contributed by atoms with van der Waals surface area (Å²) in [5, 5.41) is 15.8. The number of likely N-dealkylation sites (tertiary alicyclic amines) is 1. The fourth-order valence-electron chi connectivity index (χ4n) is 5.63. The predicted octanol–water partition coefficient (Wildman–Crippen LogP) is 4.69. The molecule has 3 aliphatic heterocycles. The zero-order valence-electron chi connectivity index (χ0n) is 21.7. The van der Waals surface area contributed by atoms with Crippen LogP contribution in [0.3, 0.4) is 0 Å². The van der Waals surface area contributed by atoms with Gasteiger partial charge in [0.1, 0.15) is 18.0 Å². The Labute approximate surface area is 235 Å². The highest BCUT2D eigenvalue weighted by Crippen LogP contribution is 2.32. The van der Waals surface area contributed by atoms with Crippen molar-refractivity contribution in [1.29, 1.82) is 0 Å². The standard InChI is InChI=1S/C29H37Cl2N3O4/c30-22-4-6-23(7-5-22)34-14-9-21(18-34)29(36)32-26(19-33-12-1-2-13-33)28(35)20-3-8-27(25(31)17-20)38-24-10-15-37-16-11-24/h3-8,17,21,24,26,28,35H,1-2,9-16,18-19H2,(H,32,36)/t21-,26-,28-/m1/s1. The van der Waals surface area contributed by atoms with E-state index in [0.717, 1.165) is 57.4 Å². The predicted molar refractivity (Wildman–Crippen MR) is 150 cm³/mol. The molecule has 206 valence electrons. The molecule has 2 aromatic rings. The molecule has 9 heteroatoms. The quantitative estimate of drug-likeness (QED) is 0.462. The van der Waals surface area contributed by atoms with Crippen LogP contribution in [0.5, 0.6) is 5.75 Å². The van der Waals surface area contributed by atoms with Gasteiger partial charge in [-0.25, -0.2) is 0 Å². The van der Waals surface area contributed by atoms with Crippen molar-refractivity contribution in [2.24, 2.45) is 5.92 Å². The zero-order chi connectivity index (χ0) is 26.5. The molecule has 0 saturated carbocycles. The third kappa shape index (κ3) is 6.93. The summed E-state index contributed by atoms with van der Waals surface area (Å²) in [6.45, 7) is 5.38. The highest BCUT2D eigenvalue weighted by molar-refractivity contribution is 6.32. The third-order valence-electron chi connectivity index (χ3n) is 7.87. The van der Waals surface area contributed by atoms with Gasteiger partial charge in [-0.1, -0.05) is 29.3 Å². The minimum Gasteiger partial charge on any atom is -0.489 e. The van der Waals surface area contributed by atoms with Gasteiger partial charge in [0, 0.05) is 43.2 Å². The van der Waals surface area contributed by atoms with Gasteiger partial charge < -0.3 is 29.7 Å². The highest BCUT2D eigenvalue weighted by Gasteiger charge is 2.33. The van der Waals surface area contributed by atoms with Crippen LogP contribution < -0.4 is 15.0 Å². The lowest BCUT2D eigenvalue weighted by Gasteiger charge is -2.30. The van der Waals surface area contributed by atoms with Crippen LogP contribution in [-0.4, -0.2) is 74.0 Å². The van der Waals surface area contributed by atoms with Crippen LogP contribution in [0, 0.1) is 5.92 Å².